The molecule has 92 valence electrons. The van der Waals surface area contributed by atoms with Crippen molar-refractivity contribution in [3.63, 3.8) is 0 Å². The van der Waals surface area contributed by atoms with Crippen LogP contribution in [0.1, 0.15) is 38.5 Å². The predicted octanol–water partition coefficient (Wildman–Crippen LogP) is 1.64. The summed E-state index contributed by atoms with van der Waals surface area (Å²) in [5, 5.41) is 11.4. The average Bonchev–Trinajstić information content (AvgIpc) is 2.25. The van der Waals surface area contributed by atoms with E-state index in [0.29, 0.717) is 25.3 Å². The molecule has 0 aliphatic carbocycles. The first-order chi connectivity index (χ1) is 7.68. The molecule has 2 N–H and O–H groups in total. The molecule has 1 fully saturated rings. The van der Waals surface area contributed by atoms with Crippen molar-refractivity contribution in [1.82, 2.24) is 5.32 Å². The van der Waals surface area contributed by atoms with E-state index in [4.69, 9.17) is 5.11 Å². The van der Waals surface area contributed by atoms with Crippen molar-refractivity contribution < 1.29 is 14.7 Å². The highest BCUT2D eigenvalue weighted by molar-refractivity contribution is 7.99. The molecule has 1 amide bonds. The molecular weight excluding hydrogens is 226 g/mol. The molecule has 0 saturated carbocycles. The van der Waals surface area contributed by atoms with Crippen LogP contribution in [0, 0.1) is 0 Å². The number of carboxylic acid groups (broad SMARTS) is 1. The maximum Gasteiger partial charge on any atom is 0.303 e. The normalized spacial score (nSPS) is 20.4. The van der Waals surface area contributed by atoms with E-state index >= 15 is 0 Å². The second-order valence-electron chi connectivity index (χ2n) is 4.08. The minimum atomic E-state index is -0.788. The summed E-state index contributed by atoms with van der Waals surface area (Å²) in [6, 6.07) is 0.325. The van der Waals surface area contributed by atoms with Crippen LogP contribution in [0.15, 0.2) is 0 Å². The van der Waals surface area contributed by atoms with Crippen LogP contribution in [0.4, 0.5) is 0 Å². The minimum absolute atomic E-state index is 0.0675. The quantitative estimate of drug-likeness (QED) is 0.698. The summed E-state index contributed by atoms with van der Waals surface area (Å²) >= 11 is 1.88. The van der Waals surface area contributed by atoms with Crippen molar-refractivity contribution in [3.8, 4) is 0 Å². The van der Waals surface area contributed by atoms with Crippen LogP contribution >= 0.6 is 11.8 Å². The fourth-order valence-electron chi connectivity index (χ4n) is 1.72. The number of nitrogens with one attached hydrogen (secondary N) is 1. The van der Waals surface area contributed by atoms with E-state index in [0.717, 1.165) is 12.2 Å². The standard InChI is InChI=1S/C11H19NO3S/c13-10(5-1-2-6-11(14)15)12-9-4-3-7-16-8-9/h9H,1-8H2,(H,12,13)(H,14,15). The van der Waals surface area contributed by atoms with Gasteiger partial charge in [0.25, 0.3) is 0 Å². The van der Waals surface area contributed by atoms with Gasteiger partial charge in [-0.15, -0.1) is 0 Å². The van der Waals surface area contributed by atoms with Gasteiger partial charge in [0.1, 0.15) is 0 Å². The van der Waals surface area contributed by atoms with E-state index in [1.165, 1.54) is 12.2 Å². The lowest BCUT2D eigenvalue weighted by Crippen LogP contribution is -2.38. The summed E-state index contributed by atoms with van der Waals surface area (Å²) in [6.07, 6.45) is 4.11. The highest BCUT2D eigenvalue weighted by Crippen LogP contribution is 2.17. The Labute approximate surface area is 100 Å². The third-order valence-corrected chi connectivity index (χ3v) is 3.79. The Bertz CT molecular complexity index is 239. The van der Waals surface area contributed by atoms with Crippen molar-refractivity contribution in [1.29, 1.82) is 0 Å². The number of hydrogen-bond acceptors (Lipinski definition) is 3. The number of carboxylic acids is 1. The highest BCUT2D eigenvalue weighted by atomic mass is 32.2. The number of unbranched alkanes of at least 4 members (excludes halogenated alkanes) is 1. The molecule has 1 saturated heterocycles. The first-order valence-corrected chi connectivity index (χ1v) is 6.93. The summed E-state index contributed by atoms with van der Waals surface area (Å²) in [5.41, 5.74) is 0. The maximum absolute atomic E-state index is 11.5. The van der Waals surface area contributed by atoms with E-state index in [9.17, 15) is 9.59 Å². The van der Waals surface area contributed by atoms with Crippen LogP contribution in [-0.2, 0) is 9.59 Å². The van der Waals surface area contributed by atoms with Crippen molar-refractivity contribution in [2.45, 2.75) is 44.6 Å². The molecule has 1 heterocycles. The van der Waals surface area contributed by atoms with E-state index in [-0.39, 0.29) is 12.3 Å². The van der Waals surface area contributed by atoms with Crippen molar-refractivity contribution >= 4 is 23.6 Å². The second kappa shape index (κ2) is 7.54. The lowest BCUT2D eigenvalue weighted by molar-refractivity contribution is -0.137. The predicted molar refractivity (Wildman–Crippen MR) is 64.6 cm³/mol. The Hall–Kier alpha value is -0.710. The lowest BCUT2D eigenvalue weighted by atomic mass is 10.1. The van der Waals surface area contributed by atoms with Gasteiger partial charge in [-0.2, -0.15) is 11.8 Å². The van der Waals surface area contributed by atoms with Gasteiger partial charge in [0.05, 0.1) is 0 Å². The number of thioether (sulfide) groups is 1. The Kier molecular flexibility index (Phi) is 6.30. The first kappa shape index (κ1) is 13.4. The monoisotopic (exact) mass is 245 g/mol. The molecule has 1 atom stereocenters. The van der Waals surface area contributed by atoms with E-state index in [2.05, 4.69) is 5.32 Å². The van der Waals surface area contributed by atoms with Crippen LogP contribution in [0.25, 0.3) is 0 Å². The summed E-state index contributed by atoms with van der Waals surface area (Å²) in [7, 11) is 0. The summed E-state index contributed by atoms with van der Waals surface area (Å²) < 4.78 is 0. The second-order valence-corrected chi connectivity index (χ2v) is 5.23. The molecule has 1 rings (SSSR count). The first-order valence-electron chi connectivity index (χ1n) is 5.77. The van der Waals surface area contributed by atoms with Crippen LogP contribution in [0.2, 0.25) is 0 Å². The Morgan fingerprint density at radius 1 is 1.31 bits per heavy atom. The zero-order valence-electron chi connectivity index (χ0n) is 9.41. The molecule has 0 spiro atoms. The third kappa shape index (κ3) is 6.00. The number of carbonyl (C=O) groups is 2. The smallest absolute Gasteiger partial charge is 0.303 e. The number of aliphatic carboxylic acids is 1. The fourth-order valence-corrected chi connectivity index (χ4v) is 2.79. The van der Waals surface area contributed by atoms with Crippen LogP contribution in [0.3, 0.4) is 0 Å². The Balaban J connectivity index is 2.03. The Morgan fingerprint density at radius 2 is 2.06 bits per heavy atom. The largest absolute Gasteiger partial charge is 0.481 e. The topological polar surface area (TPSA) is 66.4 Å². The molecule has 16 heavy (non-hydrogen) atoms. The van der Waals surface area contributed by atoms with E-state index < -0.39 is 5.97 Å². The number of carbonyl (C=O) groups excluding carboxylic acids is 1. The average molecular weight is 245 g/mol. The van der Waals surface area contributed by atoms with Crippen molar-refractivity contribution in [2.24, 2.45) is 0 Å². The number of hydrogen-bond donors (Lipinski definition) is 2. The molecule has 1 unspecified atom stereocenters. The summed E-state index contributed by atoms with van der Waals surface area (Å²) in [6.45, 7) is 0. The van der Waals surface area contributed by atoms with E-state index in [1.54, 1.807) is 0 Å². The fraction of sp³-hybridized carbons (Fsp3) is 0.818. The molecule has 0 radical (unpaired) electrons. The van der Waals surface area contributed by atoms with Gasteiger partial charge in [-0.3, -0.25) is 9.59 Å². The highest BCUT2D eigenvalue weighted by Gasteiger charge is 2.15. The number of amides is 1. The third-order valence-electron chi connectivity index (χ3n) is 2.57. The molecule has 5 heteroatoms. The summed E-state index contributed by atoms with van der Waals surface area (Å²) in [5.74, 6) is 1.49. The maximum atomic E-state index is 11.5. The van der Waals surface area contributed by atoms with Gasteiger partial charge >= 0.3 is 5.97 Å². The molecule has 0 bridgehead atoms. The SMILES string of the molecule is O=C(O)CCCCC(=O)NC1CCCSC1. The zero-order valence-corrected chi connectivity index (χ0v) is 10.2. The van der Waals surface area contributed by atoms with Crippen LogP contribution < -0.4 is 5.32 Å². The molecule has 4 nitrogen and oxygen atoms in total. The molecule has 0 aromatic heterocycles. The van der Waals surface area contributed by atoms with Gasteiger partial charge in [0, 0.05) is 24.6 Å². The van der Waals surface area contributed by atoms with Gasteiger partial charge in [-0.25, -0.2) is 0 Å². The minimum Gasteiger partial charge on any atom is -0.481 e. The zero-order chi connectivity index (χ0) is 11.8. The lowest BCUT2D eigenvalue weighted by Gasteiger charge is -2.22. The van der Waals surface area contributed by atoms with Crippen molar-refractivity contribution in [3.05, 3.63) is 0 Å². The van der Waals surface area contributed by atoms with Gasteiger partial charge in [0.2, 0.25) is 5.91 Å². The molecular formula is C11H19NO3S. The molecule has 0 aromatic rings. The summed E-state index contributed by atoms with van der Waals surface area (Å²) in [4.78, 5) is 21.7. The Morgan fingerprint density at radius 3 is 2.69 bits per heavy atom. The van der Waals surface area contributed by atoms with Gasteiger partial charge < -0.3 is 10.4 Å². The van der Waals surface area contributed by atoms with Gasteiger partial charge in [0.15, 0.2) is 0 Å². The van der Waals surface area contributed by atoms with Crippen molar-refractivity contribution in [2.75, 3.05) is 11.5 Å². The van der Waals surface area contributed by atoms with Gasteiger partial charge in [-0.05, 0) is 31.4 Å². The molecule has 1 aliphatic heterocycles. The molecule has 0 aromatic carbocycles. The number of rotatable bonds is 6. The van der Waals surface area contributed by atoms with Crippen LogP contribution in [-0.4, -0.2) is 34.5 Å². The van der Waals surface area contributed by atoms with E-state index in [1.807, 2.05) is 11.8 Å². The van der Waals surface area contributed by atoms with Crippen LogP contribution in [0.5, 0.6) is 0 Å². The molecule has 1 aliphatic rings. The van der Waals surface area contributed by atoms with Gasteiger partial charge in [-0.1, -0.05) is 0 Å².